The lowest BCUT2D eigenvalue weighted by atomic mass is 10.0. The average Bonchev–Trinajstić information content (AvgIpc) is 2.95. The van der Waals surface area contributed by atoms with Gasteiger partial charge in [0.05, 0.1) is 17.7 Å². The molecule has 0 aromatic carbocycles. The predicted molar refractivity (Wildman–Crippen MR) is 68.3 cm³/mol. The van der Waals surface area contributed by atoms with E-state index in [1.807, 2.05) is 7.05 Å². The van der Waals surface area contributed by atoms with Gasteiger partial charge in [-0.05, 0) is 13.3 Å². The van der Waals surface area contributed by atoms with Crippen molar-refractivity contribution in [2.75, 3.05) is 18.5 Å². The number of fused-ring (bicyclic) bond motifs is 1. The fourth-order valence-electron chi connectivity index (χ4n) is 2.37. The monoisotopic (exact) mass is 247 g/mol. The van der Waals surface area contributed by atoms with Crippen LogP contribution in [0.15, 0.2) is 12.5 Å². The molecule has 2 unspecified atom stereocenters. The summed E-state index contributed by atoms with van der Waals surface area (Å²) >= 11 is 0. The third kappa shape index (κ3) is 1.92. The quantitative estimate of drug-likeness (QED) is 0.883. The third-order valence-corrected chi connectivity index (χ3v) is 3.59. The zero-order chi connectivity index (χ0) is 12.5. The van der Waals surface area contributed by atoms with Crippen molar-refractivity contribution in [3.63, 3.8) is 0 Å². The Morgan fingerprint density at radius 1 is 1.50 bits per heavy atom. The Morgan fingerprint density at radius 2 is 2.39 bits per heavy atom. The van der Waals surface area contributed by atoms with Crippen LogP contribution in [-0.4, -0.2) is 39.0 Å². The van der Waals surface area contributed by atoms with E-state index in [1.165, 1.54) is 0 Å². The molecule has 0 spiro atoms. The van der Waals surface area contributed by atoms with Crippen molar-refractivity contribution in [2.24, 2.45) is 13.0 Å². The van der Waals surface area contributed by atoms with E-state index < -0.39 is 0 Å². The Kier molecular flexibility index (Phi) is 2.87. The van der Waals surface area contributed by atoms with Crippen molar-refractivity contribution in [1.82, 2.24) is 19.7 Å². The number of rotatable bonds is 3. The number of hydrogen-bond donors (Lipinski definition) is 1. The highest BCUT2D eigenvalue weighted by Crippen LogP contribution is 2.22. The maximum Gasteiger partial charge on any atom is 0.163 e. The first-order valence-electron chi connectivity index (χ1n) is 6.24. The van der Waals surface area contributed by atoms with Gasteiger partial charge < -0.3 is 10.1 Å². The second kappa shape index (κ2) is 4.53. The van der Waals surface area contributed by atoms with Crippen molar-refractivity contribution < 1.29 is 4.74 Å². The topological polar surface area (TPSA) is 64.9 Å². The van der Waals surface area contributed by atoms with Gasteiger partial charge in [0.25, 0.3) is 0 Å². The highest BCUT2D eigenvalue weighted by atomic mass is 16.5. The first-order chi connectivity index (χ1) is 8.75. The van der Waals surface area contributed by atoms with Gasteiger partial charge in [0.15, 0.2) is 5.65 Å². The van der Waals surface area contributed by atoms with Gasteiger partial charge in [-0.3, -0.25) is 4.68 Å². The molecule has 96 valence electrons. The predicted octanol–water partition coefficient (Wildman–Crippen LogP) is 1.20. The molecule has 2 aromatic heterocycles. The molecule has 1 aliphatic rings. The highest BCUT2D eigenvalue weighted by molar-refractivity contribution is 5.85. The van der Waals surface area contributed by atoms with Gasteiger partial charge in [0.1, 0.15) is 12.1 Å². The van der Waals surface area contributed by atoms with Crippen LogP contribution >= 0.6 is 0 Å². The first-order valence-corrected chi connectivity index (χ1v) is 6.24. The number of aryl methyl sites for hydroxylation is 1. The van der Waals surface area contributed by atoms with E-state index in [2.05, 4.69) is 27.3 Å². The van der Waals surface area contributed by atoms with E-state index >= 15 is 0 Å². The fourth-order valence-corrected chi connectivity index (χ4v) is 2.37. The van der Waals surface area contributed by atoms with Gasteiger partial charge in [0.2, 0.25) is 0 Å². The number of aromatic nitrogens is 4. The molecular formula is C12H17N5O. The maximum absolute atomic E-state index is 5.56. The zero-order valence-corrected chi connectivity index (χ0v) is 10.6. The first kappa shape index (κ1) is 11.4. The summed E-state index contributed by atoms with van der Waals surface area (Å²) in [5.41, 5.74) is 0.850. The van der Waals surface area contributed by atoms with E-state index in [9.17, 15) is 0 Å². The van der Waals surface area contributed by atoms with Gasteiger partial charge >= 0.3 is 0 Å². The Morgan fingerprint density at radius 3 is 3.17 bits per heavy atom. The Bertz CT molecular complexity index is 552. The molecule has 2 aromatic rings. The van der Waals surface area contributed by atoms with Crippen LogP contribution in [0.4, 0.5) is 5.82 Å². The molecule has 0 amide bonds. The Balaban J connectivity index is 1.78. The molecule has 0 aliphatic carbocycles. The van der Waals surface area contributed by atoms with Gasteiger partial charge in [0, 0.05) is 26.1 Å². The minimum absolute atomic E-state index is 0.323. The standard InChI is InChI=1S/C12H17N5O/c1-8-9(3-4-18-8)5-13-11-10-6-16-17(2)12(10)15-7-14-11/h6-9H,3-5H2,1-2H3,(H,13,14,15). The van der Waals surface area contributed by atoms with Crippen molar-refractivity contribution in [1.29, 1.82) is 0 Å². The van der Waals surface area contributed by atoms with E-state index in [4.69, 9.17) is 4.74 Å². The molecule has 3 heterocycles. The van der Waals surface area contributed by atoms with Crippen molar-refractivity contribution >= 4 is 16.9 Å². The van der Waals surface area contributed by atoms with Crippen LogP contribution in [0.25, 0.3) is 11.0 Å². The Hall–Kier alpha value is -1.69. The largest absolute Gasteiger partial charge is 0.378 e. The van der Waals surface area contributed by atoms with Crippen LogP contribution in [0.3, 0.4) is 0 Å². The van der Waals surface area contributed by atoms with Crippen molar-refractivity contribution in [3.05, 3.63) is 12.5 Å². The second-order valence-corrected chi connectivity index (χ2v) is 4.73. The van der Waals surface area contributed by atoms with Crippen molar-refractivity contribution in [2.45, 2.75) is 19.4 Å². The average molecular weight is 247 g/mol. The maximum atomic E-state index is 5.56. The van der Waals surface area contributed by atoms with E-state index in [0.717, 1.165) is 36.4 Å². The zero-order valence-electron chi connectivity index (χ0n) is 10.6. The lowest BCUT2D eigenvalue weighted by Gasteiger charge is -2.15. The molecule has 1 fully saturated rings. The lowest BCUT2D eigenvalue weighted by Crippen LogP contribution is -2.21. The summed E-state index contributed by atoms with van der Waals surface area (Å²) in [7, 11) is 1.88. The van der Waals surface area contributed by atoms with E-state index in [-0.39, 0.29) is 0 Å². The summed E-state index contributed by atoms with van der Waals surface area (Å²) in [6.45, 7) is 3.86. The summed E-state index contributed by atoms with van der Waals surface area (Å²) < 4.78 is 7.31. The molecule has 2 atom stereocenters. The van der Waals surface area contributed by atoms with Gasteiger partial charge in [-0.1, -0.05) is 0 Å². The number of nitrogens with zero attached hydrogens (tertiary/aromatic N) is 4. The highest BCUT2D eigenvalue weighted by Gasteiger charge is 2.24. The second-order valence-electron chi connectivity index (χ2n) is 4.73. The molecule has 1 N–H and O–H groups in total. The molecule has 0 saturated carbocycles. The SMILES string of the molecule is CC1OCCC1CNc1ncnc2c1cnn2C. The number of hydrogen-bond acceptors (Lipinski definition) is 5. The molecule has 1 saturated heterocycles. The number of ether oxygens (including phenoxy) is 1. The molecular weight excluding hydrogens is 230 g/mol. The van der Waals surface area contributed by atoms with Crippen LogP contribution in [0.2, 0.25) is 0 Å². The Labute approximate surface area is 105 Å². The molecule has 18 heavy (non-hydrogen) atoms. The number of nitrogens with one attached hydrogen (secondary N) is 1. The lowest BCUT2D eigenvalue weighted by molar-refractivity contribution is 0.108. The van der Waals surface area contributed by atoms with Gasteiger partial charge in [-0.25, -0.2) is 9.97 Å². The van der Waals surface area contributed by atoms with Crippen LogP contribution in [0.1, 0.15) is 13.3 Å². The molecule has 0 radical (unpaired) electrons. The summed E-state index contributed by atoms with van der Waals surface area (Å²) in [5.74, 6) is 1.40. The van der Waals surface area contributed by atoms with Crippen LogP contribution < -0.4 is 5.32 Å². The molecule has 6 nitrogen and oxygen atoms in total. The summed E-state index contributed by atoms with van der Waals surface area (Å²) in [6, 6.07) is 0. The number of anilines is 1. The molecule has 1 aliphatic heterocycles. The van der Waals surface area contributed by atoms with E-state index in [1.54, 1.807) is 17.2 Å². The van der Waals surface area contributed by atoms with Gasteiger partial charge in [-0.15, -0.1) is 0 Å². The van der Waals surface area contributed by atoms with Crippen molar-refractivity contribution in [3.8, 4) is 0 Å². The summed E-state index contributed by atoms with van der Waals surface area (Å²) in [4.78, 5) is 8.51. The molecule has 0 bridgehead atoms. The third-order valence-electron chi connectivity index (χ3n) is 3.59. The van der Waals surface area contributed by atoms with Crippen LogP contribution in [-0.2, 0) is 11.8 Å². The smallest absolute Gasteiger partial charge is 0.163 e. The van der Waals surface area contributed by atoms with Gasteiger partial charge in [-0.2, -0.15) is 5.10 Å². The van der Waals surface area contributed by atoms with Crippen LogP contribution in [0, 0.1) is 5.92 Å². The van der Waals surface area contributed by atoms with E-state index in [0.29, 0.717) is 12.0 Å². The minimum Gasteiger partial charge on any atom is -0.378 e. The molecule has 6 heteroatoms. The minimum atomic E-state index is 0.323. The summed E-state index contributed by atoms with van der Waals surface area (Å²) in [5, 5.41) is 8.55. The normalized spacial score (nSPS) is 23.7. The van der Waals surface area contributed by atoms with Crippen LogP contribution in [0.5, 0.6) is 0 Å². The summed E-state index contributed by atoms with van der Waals surface area (Å²) in [6.07, 6.45) is 4.80. The molecule has 3 rings (SSSR count). The fraction of sp³-hybridized carbons (Fsp3) is 0.583.